The number of amides is 1. The van der Waals surface area contributed by atoms with E-state index in [1.807, 2.05) is 22.6 Å². The van der Waals surface area contributed by atoms with Crippen molar-refractivity contribution in [2.75, 3.05) is 18.0 Å². The molecule has 4 heterocycles. The van der Waals surface area contributed by atoms with E-state index in [1.165, 1.54) is 0 Å². The Morgan fingerprint density at radius 3 is 2.92 bits per heavy atom. The van der Waals surface area contributed by atoms with Crippen molar-refractivity contribution in [3.63, 3.8) is 0 Å². The minimum absolute atomic E-state index is 0.0679. The minimum Gasteiger partial charge on any atom is -0.352 e. The molecule has 1 aliphatic heterocycles. The quantitative estimate of drug-likeness (QED) is 0.762. The van der Waals surface area contributed by atoms with Gasteiger partial charge in [0.1, 0.15) is 0 Å². The van der Waals surface area contributed by atoms with Gasteiger partial charge in [-0.15, -0.1) is 10.2 Å². The van der Waals surface area contributed by atoms with Crippen LogP contribution in [0.5, 0.6) is 0 Å². The number of nitrogens with one attached hydrogen (secondary N) is 1. The lowest BCUT2D eigenvalue weighted by Gasteiger charge is -2.32. The van der Waals surface area contributed by atoms with Crippen LogP contribution in [0.25, 0.3) is 5.65 Å². The number of piperidine rings is 1. The summed E-state index contributed by atoms with van der Waals surface area (Å²) in [4.78, 5) is 18.7. The normalized spacial score (nSPS) is 17.4. The topological polar surface area (TPSA) is 75.4 Å². The van der Waals surface area contributed by atoms with Gasteiger partial charge in [-0.2, -0.15) is 0 Å². The van der Waals surface area contributed by atoms with E-state index in [0.29, 0.717) is 18.1 Å². The standard InChI is InChI=1S/C18H19ClN6O/c19-15-3-4-16-22-23-18(25(16)12-15)24-9-1-2-14(11-24)17(26)21-10-13-5-7-20-8-6-13/h3-8,12,14H,1-2,9-11H2,(H,21,26)/t14-/m1/s1. The lowest BCUT2D eigenvalue weighted by atomic mass is 9.97. The molecule has 0 unspecified atom stereocenters. The molecule has 1 saturated heterocycles. The highest BCUT2D eigenvalue weighted by molar-refractivity contribution is 6.30. The summed E-state index contributed by atoms with van der Waals surface area (Å²) in [5.41, 5.74) is 1.78. The van der Waals surface area contributed by atoms with Crippen LogP contribution in [-0.2, 0) is 11.3 Å². The highest BCUT2D eigenvalue weighted by Gasteiger charge is 2.28. The first-order valence-electron chi connectivity index (χ1n) is 8.62. The van der Waals surface area contributed by atoms with Gasteiger partial charge in [-0.1, -0.05) is 11.6 Å². The average molecular weight is 371 g/mol. The number of carbonyl (C=O) groups excluding carboxylic acids is 1. The van der Waals surface area contributed by atoms with Crippen molar-refractivity contribution >= 4 is 29.1 Å². The second-order valence-electron chi connectivity index (χ2n) is 6.43. The number of fused-ring (bicyclic) bond motifs is 1. The summed E-state index contributed by atoms with van der Waals surface area (Å²) >= 11 is 6.10. The molecule has 0 aromatic carbocycles. The first-order valence-corrected chi connectivity index (χ1v) is 9.00. The van der Waals surface area contributed by atoms with E-state index < -0.39 is 0 Å². The van der Waals surface area contributed by atoms with Crippen LogP contribution in [0.15, 0.2) is 42.9 Å². The van der Waals surface area contributed by atoms with Crippen molar-refractivity contribution in [1.82, 2.24) is 24.9 Å². The molecule has 4 rings (SSSR count). The third-order valence-corrected chi connectivity index (χ3v) is 4.86. The van der Waals surface area contributed by atoms with Gasteiger partial charge in [-0.25, -0.2) is 0 Å². The number of halogens is 1. The van der Waals surface area contributed by atoms with Crippen LogP contribution in [0, 0.1) is 5.92 Å². The van der Waals surface area contributed by atoms with Crippen molar-refractivity contribution in [2.45, 2.75) is 19.4 Å². The second kappa shape index (κ2) is 7.29. The van der Waals surface area contributed by atoms with Crippen molar-refractivity contribution in [1.29, 1.82) is 0 Å². The summed E-state index contributed by atoms with van der Waals surface area (Å²) in [6, 6.07) is 7.43. The van der Waals surface area contributed by atoms with E-state index in [0.717, 1.165) is 36.5 Å². The number of pyridine rings is 2. The number of aromatic nitrogens is 4. The first-order chi connectivity index (χ1) is 12.7. The molecule has 3 aromatic heterocycles. The lowest BCUT2D eigenvalue weighted by Crippen LogP contribution is -2.43. The third kappa shape index (κ3) is 3.48. The van der Waals surface area contributed by atoms with Crippen LogP contribution in [0.2, 0.25) is 5.02 Å². The molecule has 0 bridgehead atoms. The van der Waals surface area contributed by atoms with E-state index in [2.05, 4.69) is 25.4 Å². The molecule has 1 amide bonds. The Morgan fingerprint density at radius 2 is 2.08 bits per heavy atom. The van der Waals surface area contributed by atoms with Gasteiger partial charge >= 0.3 is 0 Å². The largest absolute Gasteiger partial charge is 0.352 e. The number of carbonyl (C=O) groups is 1. The fourth-order valence-corrected chi connectivity index (χ4v) is 3.44. The molecule has 1 aliphatic rings. The maximum Gasteiger partial charge on any atom is 0.231 e. The van der Waals surface area contributed by atoms with Gasteiger partial charge in [-0.05, 0) is 42.7 Å². The van der Waals surface area contributed by atoms with Crippen LogP contribution in [-0.4, -0.2) is 38.6 Å². The summed E-state index contributed by atoms with van der Waals surface area (Å²) in [5, 5.41) is 12.1. The van der Waals surface area contributed by atoms with Crippen LogP contribution < -0.4 is 10.2 Å². The predicted molar refractivity (Wildman–Crippen MR) is 99.0 cm³/mol. The SMILES string of the molecule is O=C(NCc1ccncc1)[C@@H]1CCCN(c2nnc3ccc(Cl)cn23)C1. The van der Waals surface area contributed by atoms with Crippen molar-refractivity contribution in [3.8, 4) is 0 Å². The Morgan fingerprint density at radius 1 is 1.23 bits per heavy atom. The van der Waals surface area contributed by atoms with Crippen LogP contribution in [0.4, 0.5) is 5.95 Å². The third-order valence-electron chi connectivity index (χ3n) is 4.64. The molecule has 0 saturated carbocycles. The molecule has 0 radical (unpaired) electrons. The molecule has 1 N–H and O–H groups in total. The van der Waals surface area contributed by atoms with Gasteiger partial charge in [0.15, 0.2) is 5.65 Å². The highest BCUT2D eigenvalue weighted by Crippen LogP contribution is 2.23. The van der Waals surface area contributed by atoms with Gasteiger partial charge < -0.3 is 10.2 Å². The van der Waals surface area contributed by atoms with E-state index in [4.69, 9.17) is 11.6 Å². The molecule has 3 aromatic rings. The fraction of sp³-hybridized carbons (Fsp3) is 0.333. The van der Waals surface area contributed by atoms with Gasteiger partial charge in [-0.3, -0.25) is 14.2 Å². The maximum absolute atomic E-state index is 12.6. The van der Waals surface area contributed by atoms with E-state index in [1.54, 1.807) is 24.7 Å². The first kappa shape index (κ1) is 16.8. The number of hydrogen-bond acceptors (Lipinski definition) is 5. The van der Waals surface area contributed by atoms with Crippen LogP contribution in [0.3, 0.4) is 0 Å². The minimum atomic E-state index is -0.0721. The molecule has 8 heteroatoms. The molecule has 0 spiro atoms. The van der Waals surface area contributed by atoms with E-state index >= 15 is 0 Å². The van der Waals surface area contributed by atoms with Crippen molar-refractivity contribution in [2.24, 2.45) is 5.92 Å². The monoisotopic (exact) mass is 370 g/mol. The van der Waals surface area contributed by atoms with Gasteiger partial charge in [0.05, 0.1) is 10.9 Å². The van der Waals surface area contributed by atoms with E-state index in [-0.39, 0.29) is 11.8 Å². The zero-order chi connectivity index (χ0) is 17.9. The van der Waals surface area contributed by atoms with Gasteiger partial charge in [0, 0.05) is 38.2 Å². The molecule has 0 aliphatic carbocycles. The number of rotatable bonds is 4. The molecule has 134 valence electrons. The number of anilines is 1. The summed E-state index contributed by atoms with van der Waals surface area (Å²) in [6.07, 6.45) is 7.06. The zero-order valence-electron chi connectivity index (χ0n) is 14.2. The predicted octanol–water partition coefficient (Wildman–Crippen LogP) is 2.31. The van der Waals surface area contributed by atoms with Crippen LogP contribution in [0.1, 0.15) is 18.4 Å². The molecular formula is C18H19ClN6O. The Balaban J connectivity index is 1.45. The Kier molecular flexibility index (Phi) is 4.71. The molecular weight excluding hydrogens is 352 g/mol. The van der Waals surface area contributed by atoms with Crippen molar-refractivity contribution in [3.05, 3.63) is 53.4 Å². The zero-order valence-corrected chi connectivity index (χ0v) is 14.9. The smallest absolute Gasteiger partial charge is 0.231 e. The molecule has 1 atom stereocenters. The molecule has 7 nitrogen and oxygen atoms in total. The summed E-state index contributed by atoms with van der Waals surface area (Å²) in [5.74, 6) is 0.727. The lowest BCUT2D eigenvalue weighted by molar-refractivity contribution is -0.125. The fourth-order valence-electron chi connectivity index (χ4n) is 3.28. The van der Waals surface area contributed by atoms with Gasteiger partial charge in [0.25, 0.3) is 0 Å². The highest BCUT2D eigenvalue weighted by atomic mass is 35.5. The van der Waals surface area contributed by atoms with Crippen LogP contribution >= 0.6 is 11.6 Å². The number of hydrogen-bond donors (Lipinski definition) is 1. The Hall–Kier alpha value is -2.67. The van der Waals surface area contributed by atoms with Crippen molar-refractivity contribution < 1.29 is 4.79 Å². The summed E-state index contributed by atoms with van der Waals surface area (Å²) < 4.78 is 1.87. The second-order valence-corrected chi connectivity index (χ2v) is 6.87. The Bertz CT molecular complexity index is 912. The summed E-state index contributed by atoms with van der Waals surface area (Å²) in [6.45, 7) is 1.98. The average Bonchev–Trinajstić information content (AvgIpc) is 3.10. The Labute approximate surface area is 156 Å². The molecule has 1 fully saturated rings. The number of nitrogens with zero attached hydrogens (tertiary/aromatic N) is 5. The van der Waals surface area contributed by atoms with E-state index in [9.17, 15) is 4.79 Å². The van der Waals surface area contributed by atoms with Gasteiger partial charge in [0.2, 0.25) is 11.9 Å². The molecule has 26 heavy (non-hydrogen) atoms. The maximum atomic E-state index is 12.6. The summed E-state index contributed by atoms with van der Waals surface area (Å²) in [7, 11) is 0.